The SMILES string of the molecule is Cc1ccc(-c2noc(CCC(=O)N3CCN(C(=O)Cc4ccc(F)cc4)CC3)n2)cc1F. The summed E-state index contributed by atoms with van der Waals surface area (Å²) in [6.07, 6.45) is 0.690. The summed E-state index contributed by atoms with van der Waals surface area (Å²) >= 11 is 0. The lowest BCUT2D eigenvalue weighted by atomic mass is 10.1. The van der Waals surface area contributed by atoms with Gasteiger partial charge in [0.1, 0.15) is 11.6 Å². The van der Waals surface area contributed by atoms with Crippen LogP contribution in [0.2, 0.25) is 0 Å². The molecule has 0 unspecified atom stereocenters. The Morgan fingerprint density at radius 1 is 0.970 bits per heavy atom. The van der Waals surface area contributed by atoms with Crippen molar-refractivity contribution >= 4 is 11.8 Å². The number of hydrogen-bond donors (Lipinski definition) is 0. The highest BCUT2D eigenvalue weighted by atomic mass is 19.1. The minimum atomic E-state index is -0.343. The first-order valence-electron chi connectivity index (χ1n) is 10.8. The first-order chi connectivity index (χ1) is 15.9. The molecule has 1 aromatic heterocycles. The number of carbonyl (C=O) groups is 2. The van der Waals surface area contributed by atoms with Crippen LogP contribution in [0.4, 0.5) is 8.78 Å². The Kier molecular flexibility index (Phi) is 6.76. The van der Waals surface area contributed by atoms with Crippen LogP contribution in [-0.2, 0) is 22.4 Å². The fourth-order valence-corrected chi connectivity index (χ4v) is 3.67. The number of rotatable bonds is 6. The van der Waals surface area contributed by atoms with Crippen LogP contribution in [0.15, 0.2) is 47.0 Å². The molecule has 1 fully saturated rings. The van der Waals surface area contributed by atoms with Crippen molar-refractivity contribution in [3.8, 4) is 11.4 Å². The quantitative estimate of drug-likeness (QED) is 0.572. The van der Waals surface area contributed by atoms with Gasteiger partial charge in [-0.3, -0.25) is 9.59 Å². The van der Waals surface area contributed by atoms with Gasteiger partial charge in [-0.1, -0.05) is 29.4 Å². The Labute approximate surface area is 190 Å². The summed E-state index contributed by atoms with van der Waals surface area (Å²) in [6.45, 7) is 3.48. The maximum absolute atomic E-state index is 13.8. The van der Waals surface area contributed by atoms with E-state index in [4.69, 9.17) is 4.52 Å². The summed E-state index contributed by atoms with van der Waals surface area (Å²) in [6, 6.07) is 10.6. The third kappa shape index (κ3) is 5.60. The van der Waals surface area contributed by atoms with Gasteiger partial charge in [0.05, 0.1) is 6.42 Å². The maximum atomic E-state index is 13.8. The number of halogens is 2. The topological polar surface area (TPSA) is 79.5 Å². The van der Waals surface area contributed by atoms with Crippen LogP contribution in [0.25, 0.3) is 11.4 Å². The summed E-state index contributed by atoms with van der Waals surface area (Å²) < 4.78 is 32.0. The summed E-state index contributed by atoms with van der Waals surface area (Å²) in [7, 11) is 0. The molecule has 0 N–H and O–H groups in total. The van der Waals surface area contributed by atoms with Crippen LogP contribution < -0.4 is 0 Å². The van der Waals surface area contributed by atoms with Gasteiger partial charge in [0.2, 0.25) is 23.5 Å². The highest BCUT2D eigenvalue weighted by Crippen LogP contribution is 2.19. The van der Waals surface area contributed by atoms with E-state index in [1.54, 1.807) is 41.0 Å². The zero-order chi connectivity index (χ0) is 23.4. The number of carbonyl (C=O) groups excluding carboxylic acids is 2. The number of piperazine rings is 1. The molecule has 1 aliphatic heterocycles. The molecule has 2 heterocycles. The summed E-state index contributed by atoms with van der Waals surface area (Å²) in [5.74, 6) is -0.179. The standard InChI is InChI=1S/C24H24F2N4O3/c1-16-2-5-18(15-20(16)26)24-27-21(33-28-24)8-9-22(31)29-10-12-30(13-11-29)23(32)14-17-3-6-19(25)7-4-17/h2-7,15H,8-14H2,1H3. The van der Waals surface area contributed by atoms with Crippen LogP contribution in [0.3, 0.4) is 0 Å². The van der Waals surface area contributed by atoms with Crippen molar-refractivity contribution in [2.24, 2.45) is 0 Å². The molecule has 4 rings (SSSR count). The molecule has 172 valence electrons. The lowest BCUT2D eigenvalue weighted by molar-refractivity contribution is -0.139. The summed E-state index contributed by atoms with van der Waals surface area (Å²) in [4.78, 5) is 32.7. The molecule has 0 atom stereocenters. The van der Waals surface area contributed by atoms with Crippen molar-refractivity contribution in [3.05, 3.63) is 71.1 Å². The Morgan fingerprint density at radius 2 is 1.64 bits per heavy atom. The maximum Gasteiger partial charge on any atom is 0.227 e. The van der Waals surface area contributed by atoms with Gasteiger partial charge in [-0.25, -0.2) is 8.78 Å². The number of amides is 2. The lowest BCUT2D eigenvalue weighted by Crippen LogP contribution is -2.51. The molecule has 2 aromatic carbocycles. The van der Waals surface area contributed by atoms with Crippen LogP contribution in [-0.4, -0.2) is 57.9 Å². The number of hydrogen-bond acceptors (Lipinski definition) is 5. The average molecular weight is 454 g/mol. The monoisotopic (exact) mass is 454 g/mol. The van der Waals surface area contributed by atoms with Gasteiger partial charge >= 0.3 is 0 Å². The van der Waals surface area contributed by atoms with Gasteiger partial charge in [0.25, 0.3) is 0 Å². The fraction of sp³-hybridized carbons (Fsp3) is 0.333. The smallest absolute Gasteiger partial charge is 0.227 e. The Hall–Kier alpha value is -3.62. The van der Waals surface area contributed by atoms with E-state index in [1.807, 2.05) is 0 Å². The Morgan fingerprint density at radius 3 is 2.30 bits per heavy atom. The van der Waals surface area contributed by atoms with Crippen molar-refractivity contribution in [1.29, 1.82) is 0 Å². The minimum absolute atomic E-state index is 0.0420. The van der Waals surface area contributed by atoms with Crippen LogP contribution >= 0.6 is 0 Å². The van der Waals surface area contributed by atoms with Crippen LogP contribution in [0.1, 0.15) is 23.4 Å². The lowest BCUT2D eigenvalue weighted by Gasteiger charge is -2.35. The van der Waals surface area contributed by atoms with E-state index in [-0.39, 0.29) is 48.5 Å². The zero-order valence-corrected chi connectivity index (χ0v) is 18.3. The van der Waals surface area contributed by atoms with E-state index in [9.17, 15) is 18.4 Å². The third-order valence-corrected chi connectivity index (χ3v) is 5.70. The molecule has 33 heavy (non-hydrogen) atoms. The van der Waals surface area contributed by atoms with Gasteiger partial charge in [-0.05, 0) is 36.2 Å². The van der Waals surface area contributed by atoms with Gasteiger partial charge < -0.3 is 14.3 Å². The van der Waals surface area contributed by atoms with Gasteiger partial charge in [-0.15, -0.1) is 0 Å². The minimum Gasteiger partial charge on any atom is -0.339 e. The Balaban J connectivity index is 1.24. The van der Waals surface area contributed by atoms with Crippen molar-refractivity contribution in [2.75, 3.05) is 26.2 Å². The van der Waals surface area contributed by atoms with Gasteiger partial charge in [0.15, 0.2) is 0 Å². The molecule has 1 aliphatic rings. The molecule has 1 saturated heterocycles. The van der Waals surface area contributed by atoms with Crippen molar-refractivity contribution < 1.29 is 22.9 Å². The largest absolute Gasteiger partial charge is 0.339 e. The van der Waals surface area contributed by atoms with Crippen LogP contribution in [0, 0.1) is 18.6 Å². The average Bonchev–Trinajstić information content (AvgIpc) is 3.30. The van der Waals surface area contributed by atoms with E-state index >= 15 is 0 Å². The zero-order valence-electron chi connectivity index (χ0n) is 18.3. The predicted octanol–water partition coefficient (Wildman–Crippen LogP) is 3.17. The fourth-order valence-electron chi connectivity index (χ4n) is 3.67. The van der Waals surface area contributed by atoms with Crippen molar-refractivity contribution in [3.63, 3.8) is 0 Å². The molecule has 7 nitrogen and oxygen atoms in total. The van der Waals surface area contributed by atoms with Gasteiger partial charge in [0, 0.05) is 44.6 Å². The van der Waals surface area contributed by atoms with E-state index in [0.717, 1.165) is 5.56 Å². The second-order valence-corrected chi connectivity index (χ2v) is 8.04. The molecule has 3 aromatic rings. The van der Waals surface area contributed by atoms with E-state index in [2.05, 4.69) is 10.1 Å². The van der Waals surface area contributed by atoms with Crippen molar-refractivity contribution in [1.82, 2.24) is 19.9 Å². The normalized spacial score (nSPS) is 13.9. The highest BCUT2D eigenvalue weighted by molar-refractivity contribution is 5.80. The number of aromatic nitrogens is 2. The molecule has 2 amide bonds. The van der Waals surface area contributed by atoms with Crippen LogP contribution in [0.5, 0.6) is 0 Å². The highest BCUT2D eigenvalue weighted by Gasteiger charge is 2.24. The molecule has 0 bridgehead atoms. The first-order valence-corrected chi connectivity index (χ1v) is 10.8. The summed E-state index contributed by atoms with van der Waals surface area (Å²) in [5.41, 5.74) is 1.80. The Bertz CT molecular complexity index is 1140. The van der Waals surface area contributed by atoms with E-state index < -0.39 is 0 Å². The molecule has 0 radical (unpaired) electrons. The number of aryl methyl sites for hydroxylation is 2. The second-order valence-electron chi connectivity index (χ2n) is 8.04. The molecular formula is C24H24F2N4O3. The number of nitrogens with zero attached hydrogens (tertiary/aromatic N) is 4. The number of benzene rings is 2. The second kappa shape index (κ2) is 9.89. The van der Waals surface area contributed by atoms with Crippen molar-refractivity contribution in [2.45, 2.75) is 26.2 Å². The third-order valence-electron chi connectivity index (χ3n) is 5.70. The van der Waals surface area contributed by atoms with E-state index in [0.29, 0.717) is 43.2 Å². The molecule has 0 saturated carbocycles. The van der Waals surface area contributed by atoms with E-state index in [1.165, 1.54) is 18.2 Å². The summed E-state index contributed by atoms with van der Waals surface area (Å²) in [5, 5.41) is 3.87. The predicted molar refractivity (Wildman–Crippen MR) is 116 cm³/mol. The van der Waals surface area contributed by atoms with Gasteiger partial charge in [-0.2, -0.15) is 4.98 Å². The molecular weight excluding hydrogens is 430 g/mol. The molecule has 0 spiro atoms. The molecule has 9 heteroatoms. The molecule has 0 aliphatic carbocycles. The first kappa shape index (κ1) is 22.6.